The van der Waals surface area contributed by atoms with Gasteiger partial charge in [0.15, 0.2) is 0 Å². The molecule has 0 saturated carbocycles. The van der Waals surface area contributed by atoms with Crippen molar-refractivity contribution in [3.63, 3.8) is 0 Å². The lowest BCUT2D eigenvalue weighted by molar-refractivity contribution is -0.138. The first kappa shape index (κ1) is 23.9. The van der Waals surface area contributed by atoms with E-state index in [4.69, 9.17) is 15.8 Å². The number of aryl methyl sites for hydroxylation is 2. The van der Waals surface area contributed by atoms with Crippen LogP contribution in [-0.2, 0) is 22.4 Å². The number of amides is 1. The molecule has 1 amide bonds. The topological polar surface area (TPSA) is 117 Å². The van der Waals surface area contributed by atoms with Gasteiger partial charge < -0.3 is 21.5 Å². The van der Waals surface area contributed by atoms with E-state index in [9.17, 15) is 9.59 Å². The summed E-state index contributed by atoms with van der Waals surface area (Å²) in [6, 6.07) is 3.53. The number of hydrogen-bond acceptors (Lipinski definition) is 5. The van der Waals surface area contributed by atoms with E-state index in [1.807, 2.05) is 0 Å². The lowest BCUT2D eigenvalue weighted by atomic mass is 10.0. The molecule has 0 spiro atoms. The first-order chi connectivity index (χ1) is 14.5. The molecule has 30 heavy (non-hydrogen) atoms. The Morgan fingerprint density at radius 2 is 2.13 bits per heavy atom. The van der Waals surface area contributed by atoms with Crippen molar-refractivity contribution in [1.82, 2.24) is 10.3 Å². The number of carbonyl (C=O) groups excluding carboxylic acids is 1. The number of carboxylic acids is 1. The molecule has 2 heterocycles. The number of nitrogens with zero attached hydrogens (tertiary/aromatic N) is 1. The van der Waals surface area contributed by atoms with Gasteiger partial charge >= 0.3 is 5.97 Å². The molecule has 1 atom stereocenters. The van der Waals surface area contributed by atoms with E-state index in [2.05, 4.69) is 28.8 Å². The van der Waals surface area contributed by atoms with Crippen LogP contribution in [0.25, 0.3) is 0 Å². The monoisotopic (exact) mass is 416 g/mol. The highest BCUT2D eigenvalue weighted by Crippen LogP contribution is 2.21. The van der Waals surface area contributed by atoms with E-state index in [1.54, 1.807) is 0 Å². The maximum Gasteiger partial charge on any atom is 0.320 e. The summed E-state index contributed by atoms with van der Waals surface area (Å²) in [7, 11) is 0. The van der Waals surface area contributed by atoms with Crippen molar-refractivity contribution in [2.75, 3.05) is 18.4 Å². The first-order valence-corrected chi connectivity index (χ1v) is 11.1. The summed E-state index contributed by atoms with van der Waals surface area (Å²) in [6.45, 7) is 3.13. The van der Waals surface area contributed by atoms with E-state index in [-0.39, 0.29) is 5.91 Å². The first-order valence-electron chi connectivity index (χ1n) is 11.1. The molecule has 0 radical (unpaired) electrons. The number of pyridine rings is 1. The van der Waals surface area contributed by atoms with Gasteiger partial charge in [0.05, 0.1) is 0 Å². The molecular formula is C23H36N4O3. The van der Waals surface area contributed by atoms with Gasteiger partial charge in [0.25, 0.3) is 0 Å². The SMILES string of the molecule is CC(=O)NCC/C(=C\CC[C@H](N)C(=O)O)CCCCCc1ccc2c(n1)NCCC2. The summed E-state index contributed by atoms with van der Waals surface area (Å²) in [5, 5.41) is 15.1. The molecule has 1 aliphatic rings. The maximum absolute atomic E-state index is 11.1. The fourth-order valence-corrected chi connectivity index (χ4v) is 3.66. The molecular weight excluding hydrogens is 380 g/mol. The van der Waals surface area contributed by atoms with E-state index >= 15 is 0 Å². The lowest BCUT2D eigenvalue weighted by Crippen LogP contribution is -2.29. The second-order valence-electron chi connectivity index (χ2n) is 8.02. The minimum atomic E-state index is -0.964. The molecule has 5 N–H and O–H groups in total. The Labute approximate surface area is 179 Å². The largest absolute Gasteiger partial charge is 0.480 e. The number of nitrogens with two attached hydrogens (primary N) is 1. The summed E-state index contributed by atoms with van der Waals surface area (Å²) < 4.78 is 0. The number of carboxylic acid groups (broad SMARTS) is 1. The predicted molar refractivity (Wildman–Crippen MR) is 119 cm³/mol. The summed E-state index contributed by atoms with van der Waals surface area (Å²) in [4.78, 5) is 26.7. The van der Waals surface area contributed by atoms with E-state index < -0.39 is 12.0 Å². The van der Waals surface area contributed by atoms with Crippen LogP contribution in [0.15, 0.2) is 23.8 Å². The Balaban J connectivity index is 1.73. The molecule has 0 aliphatic carbocycles. The Kier molecular flexibility index (Phi) is 10.3. The number of nitrogens with one attached hydrogen (secondary N) is 2. The molecule has 0 bridgehead atoms. The number of aliphatic carboxylic acids is 1. The summed E-state index contributed by atoms with van der Waals surface area (Å²) in [6.07, 6.45) is 11.5. The second kappa shape index (κ2) is 13.0. The lowest BCUT2D eigenvalue weighted by Gasteiger charge is -2.17. The van der Waals surface area contributed by atoms with Gasteiger partial charge in [-0.3, -0.25) is 9.59 Å². The predicted octanol–water partition coefficient (Wildman–Crippen LogP) is 3.19. The van der Waals surface area contributed by atoms with Gasteiger partial charge in [-0.05, 0) is 69.4 Å². The fourth-order valence-electron chi connectivity index (χ4n) is 3.66. The number of fused-ring (bicyclic) bond motifs is 1. The third-order valence-corrected chi connectivity index (χ3v) is 5.43. The van der Waals surface area contributed by atoms with Gasteiger partial charge in [-0.15, -0.1) is 0 Å². The quantitative estimate of drug-likeness (QED) is 0.290. The zero-order valence-corrected chi connectivity index (χ0v) is 18.1. The third kappa shape index (κ3) is 8.95. The highest BCUT2D eigenvalue weighted by Gasteiger charge is 2.11. The Bertz CT molecular complexity index is 733. The van der Waals surface area contributed by atoms with Gasteiger partial charge in [-0.2, -0.15) is 0 Å². The summed E-state index contributed by atoms with van der Waals surface area (Å²) in [5.74, 6) is 0.0602. The van der Waals surface area contributed by atoms with Crippen LogP contribution in [0, 0.1) is 0 Å². The van der Waals surface area contributed by atoms with Crippen molar-refractivity contribution < 1.29 is 14.7 Å². The van der Waals surface area contributed by atoms with Crippen molar-refractivity contribution in [1.29, 1.82) is 0 Å². The highest BCUT2D eigenvalue weighted by molar-refractivity contribution is 5.73. The number of rotatable bonds is 13. The molecule has 1 aromatic rings. The van der Waals surface area contributed by atoms with Gasteiger partial charge in [0.2, 0.25) is 5.91 Å². The second-order valence-corrected chi connectivity index (χ2v) is 8.02. The molecule has 0 aromatic carbocycles. The van der Waals surface area contributed by atoms with Crippen LogP contribution < -0.4 is 16.4 Å². The van der Waals surface area contributed by atoms with Gasteiger partial charge in [0, 0.05) is 25.7 Å². The average Bonchev–Trinajstić information content (AvgIpc) is 2.72. The number of anilines is 1. The van der Waals surface area contributed by atoms with Gasteiger partial charge in [-0.25, -0.2) is 4.98 Å². The molecule has 1 aromatic heterocycles. The van der Waals surface area contributed by atoms with Crippen LogP contribution in [0.2, 0.25) is 0 Å². The molecule has 1 aliphatic heterocycles. The van der Waals surface area contributed by atoms with Crippen LogP contribution in [0.5, 0.6) is 0 Å². The fraction of sp³-hybridized carbons (Fsp3) is 0.609. The van der Waals surface area contributed by atoms with Crippen LogP contribution in [0.1, 0.15) is 69.5 Å². The van der Waals surface area contributed by atoms with E-state index in [1.165, 1.54) is 24.5 Å². The van der Waals surface area contributed by atoms with E-state index in [0.29, 0.717) is 19.4 Å². The Morgan fingerprint density at radius 3 is 2.90 bits per heavy atom. The zero-order chi connectivity index (χ0) is 21.8. The van der Waals surface area contributed by atoms with Crippen molar-refractivity contribution in [3.8, 4) is 0 Å². The molecule has 0 fully saturated rings. The summed E-state index contributed by atoms with van der Waals surface area (Å²) >= 11 is 0. The summed E-state index contributed by atoms with van der Waals surface area (Å²) in [5.41, 5.74) is 9.31. The number of hydrogen-bond donors (Lipinski definition) is 4. The van der Waals surface area contributed by atoms with Crippen molar-refractivity contribution in [2.45, 2.75) is 77.2 Å². The molecule has 7 heteroatoms. The molecule has 0 saturated heterocycles. The maximum atomic E-state index is 11.1. The minimum Gasteiger partial charge on any atom is -0.480 e. The van der Waals surface area contributed by atoms with Crippen molar-refractivity contribution >= 4 is 17.7 Å². The standard InChI is InChI=1S/C23H36N4O3/c1-17(28)25-16-14-18(8-5-11-21(24)23(29)30)7-3-2-4-10-20-13-12-19-9-6-15-26-22(19)27-20/h8,12-13,21H,2-7,9-11,14-16,24H2,1H3,(H,25,28)(H,26,27)(H,29,30)/b18-8-/t21-/m0/s1. The van der Waals surface area contributed by atoms with Gasteiger partial charge in [0.1, 0.15) is 11.9 Å². The van der Waals surface area contributed by atoms with Gasteiger partial charge in [-0.1, -0.05) is 24.1 Å². The Hall–Kier alpha value is -2.41. The molecule has 7 nitrogen and oxygen atoms in total. The number of unbranched alkanes of at least 4 members (excludes halogenated alkanes) is 2. The number of aromatic nitrogens is 1. The third-order valence-electron chi connectivity index (χ3n) is 5.43. The van der Waals surface area contributed by atoms with Crippen molar-refractivity contribution in [3.05, 3.63) is 35.0 Å². The zero-order valence-electron chi connectivity index (χ0n) is 18.1. The minimum absolute atomic E-state index is 0.0331. The van der Waals surface area contributed by atoms with Crippen LogP contribution >= 0.6 is 0 Å². The van der Waals surface area contributed by atoms with Crippen LogP contribution in [0.4, 0.5) is 5.82 Å². The molecule has 166 valence electrons. The normalized spacial score (nSPS) is 14.5. The van der Waals surface area contributed by atoms with Crippen LogP contribution in [0.3, 0.4) is 0 Å². The van der Waals surface area contributed by atoms with E-state index in [0.717, 1.165) is 63.0 Å². The Morgan fingerprint density at radius 1 is 1.30 bits per heavy atom. The number of allylic oxidation sites excluding steroid dienone is 1. The molecule has 2 rings (SSSR count). The smallest absolute Gasteiger partial charge is 0.320 e. The van der Waals surface area contributed by atoms with Crippen molar-refractivity contribution in [2.24, 2.45) is 5.73 Å². The molecule has 0 unspecified atom stereocenters. The highest BCUT2D eigenvalue weighted by atomic mass is 16.4. The number of carbonyl (C=O) groups is 2. The average molecular weight is 417 g/mol. The van der Waals surface area contributed by atoms with Crippen LogP contribution in [-0.4, -0.2) is 41.1 Å².